The molecular formula is C12H14N4. The number of aryl methyl sites for hydroxylation is 1. The topological polar surface area (TPSA) is 64.5 Å². The van der Waals surface area contributed by atoms with Crippen LogP contribution in [0.5, 0.6) is 0 Å². The van der Waals surface area contributed by atoms with E-state index in [2.05, 4.69) is 21.4 Å². The summed E-state index contributed by atoms with van der Waals surface area (Å²) >= 11 is 0. The van der Waals surface area contributed by atoms with Crippen LogP contribution < -0.4 is 5.32 Å². The van der Waals surface area contributed by atoms with Gasteiger partial charge in [0.15, 0.2) is 0 Å². The fourth-order valence-corrected chi connectivity index (χ4v) is 1.85. The van der Waals surface area contributed by atoms with Crippen LogP contribution >= 0.6 is 0 Å². The number of rotatable bonds is 3. The van der Waals surface area contributed by atoms with Crippen molar-refractivity contribution in [1.82, 2.24) is 15.3 Å². The number of nitrogens with zero attached hydrogens (tertiary/aromatic N) is 2. The van der Waals surface area contributed by atoms with E-state index in [0.29, 0.717) is 6.42 Å². The number of nitriles is 1. The smallest absolute Gasteiger partial charge is 0.104 e. The summed E-state index contributed by atoms with van der Waals surface area (Å²) in [5.41, 5.74) is 3.10. The van der Waals surface area contributed by atoms with Crippen molar-refractivity contribution in [3.8, 4) is 6.07 Å². The average molecular weight is 214 g/mol. The van der Waals surface area contributed by atoms with Crippen LogP contribution in [0.3, 0.4) is 0 Å². The predicted octanol–water partition coefficient (Wildman–Crippen LogP) is 2.05. The van der Waals surface area contributed by atoms with Gasteiger partial charge < -0.3 is 10.3 Å². The van der Waals surface area contributed by atoms with Crippen LogP contribution in [0.4, 0.5) is 0 Å². The van der Waals surface area contributed by atoms with Gasteiger partial charge in [-0.05, 0) is 31.7 Å². The SMILES string of the molecule is CNC(CC#N)c1ccc2nc(C)[nH]c2c1. The molecule has 2 rings (SSSR count). The number of fused-ring (bicyclic) bond motifs is 1. The Kier molecular flexibility index (Phi) is 2.88. The summed E-state index contributed by atoms with van der Waals surface area (Å²) < 4.78 is 0. The van der Waals surface area contributed by atoms with E-state index in [1.165, 1.54) is 0 Å². The van der Waals surface area contributed by atoms with Crippen LogP contribution in [0.2, 0.25) is 0 Å². The molecule has 0 aliphatic carbocycles. The Balaban J connectivity index is 2.41. The Morgan fingerprint density at radius 2 is 2.38 bits per heavy atom. The van der Waals surface area contributed by atoms with Crippen molar-refractivity contribution in [2.45, 2.75) is 19.4 Å². The second-order valence-corrected chi connectivity index (χ2v) is 3.80. The van der Waals surface area contributed by atoms with Crippen LogP contribution in [-0.4, -0.2) is 17.0 Å². The summed E-state index contributed by atoms with van der Waals surface area (Å²) in [7, 11) is 1.87. The lowest BCUT2D eigenvalue weighted by molar-refractivity contribution is 0.609. The highest BCUT2D eigenvalue weighted by atomic mass is 14.9. The second-order valence-electron chi connectivity index (χ2n) is 3.80. The molecule has 0 spiro atoms. The van der Waals surface area contributed by atoms with E-state index in [4.69, 9.17) is 5.26 Å². The lowest BCUT2D eigenvalue weighted by Crippen LogP contribution is -2.15. The Labute approximate surface area is 94.3 Å². The van der Waals surface area contributed by atoms with Crippen molar-refractivity contribution in [1.29, 1.82) is 5.26 Å². The van der Waals surface area contributed by atoms with Crippen molar-refractivity contribution in [3.63, 3.8) is 0 Å². The van der Waals surface area contributed by atoms with Crippen LogP contribution in [0.15, 0.2) is 18.2 Å². The van der Waals surface area contributed by atoms with Crippen molar-refractivity contribution >= 4 is 11.0 Å². The molecule has 0 radical (unpaired) electrons. The molecule has 0 saturated heterocycles. The number of imidazole rings is 1. The van der Waals surface area contributed by atoms with Crippen LogP contribution in [-0.2, 0) is 0 Å². The van der Waals surface area contributed by atoms with Crippen molar-refractivity contribution in [2.24, 2.45) is 0 Å². The first kappa shape index (κ1) is 10.7. The normalized spacial score (nSPS) is 12.6. The van der Waals surface area contributed by atoms with Gasteiger partial charge in [-0.15, -0.1) is 0 Å². The molecule has 82 valence electrons. The molecule has 0 aliphatic rings. The van der Waals surface area contributed by atoms with E-state index >= 15 is 0 Å². The fraction of sp³-hybridized carbons (Fsp3) is 0.333. The maximum atomic E-state index is 8.74. The first-order valence-corrected chi connectivity index (χ1v) is 5.25. The van der Waals surface area contributed by atoms with E-state index < -0.39 is 0 Å². The molecule has 2 N–H and O–H groups in total. The molecule has 0 saturated carbocycles. The van der Waals surface area contributed by atoms with Gasteiger partial charge in [0.2, 0.25) is 0 Å². The minimum Gasteiger partial charge on any atom is -0.342 e. The number of benzene rings is 1. The zero-order chi connectivity index (χ0) is 11.5. The lowest BCUT2D eigenvalue weighted by Gasteiger charge is -2.12. The molecule has 1 aromatic heterocycles. The van der Waals surface area contributed by atoms with Gasteiger partial charge in [0.05, 0.1) is 23.5 Å². The summed E-state index contributed by atoms with van der Waals surface area (Å²) in [6.45, 7) is 1.94. The molecule has 1 atom stereocenters. The van der Waals surface area contributed by atoms with Gasteiger partial charge in [0.1, 0.15) is 5.82 Å². The highest BCUT2D eigenvalue weighted by Crippen LogP contribution is 2.20. The molecule has 1 aromatic carbocycles. The number of hydrogen-bond acceptors (Lipinski definition) is 3. The van der Waals surface area contributed by atoms with Crippen LogP contribution in [0.25, 0.3) is 11.0 Å². The molecule has 1 heterocycles. The van der Waals surface area contributed by atoms with Gasteiger partial charge in [-0.2, -0.15) is 5.26 Å². The first-order valence-electron chi connectivity index (χ1n) is 5.25. The zero-order valence-electron chi connectivity index (χ0n) is 9.41. The monoisotopic (exact) mass is 214 g/mol. The third kappa shape index (κ3) is 1.90. The van der Waals surface area contributed by atoms with Crippen LogP contribution in [0, 0.1) is 18.3 Å². The van der Waals surface area contributed by atoms with Gasteiger partial charge >= 0.3 is 0 Å². The Morgan fingerprint density at radius 3 is 3.06 bits per heavy atom. The number of aromatic nitrogens is 2. The van der Waals surface area contributed by atoms with Crippen molar-refractivity contribution < 1.29 is 0 Å². The molecule has 0 fully saturated rings. The first-order chi connectivity index (χ1) is 7.74. The second kappa shape index (κ2) is 4.33. The quantitative estimate of drug-likeness (QED) is 0.821. The third-order valence-electron chi connectivity index (χ3n) is 2.67. The molecular weight excluding hydrogens is 200 g/mol. The molecule has 1 unspecified atom stereocenters. The number of aromatic amines is 1. The molecule has 2 aromatic rings. The van der Waals surface area contributed by atoms with Gasteiger partial charge in [-0.3, -0.25) is 0 Å². The minimum atomic E-state index is 0.0815. The summed E-state index contributed by atoms with van der Waals surface area (Å²) in [5, 5.41) is 11.9. The van der Waals surface area contributed by atoms with Gasteiger partial charge in [-0.25, -0.2) is 4.98 Å². The van der Waals surface area contributed by atoms with E-state index in [1.54, 1.807) is 0 Å². The largest absolute Gasteiger partial charge is 0.342 e. The summed E-state index contributed by atoms with van der Waals surface area (Å²) in [5.74, 6) is 0.911. The fourth-order valence-electron chi connectivity index (χ4n) is 1.85. The Hall–Kier alpha value is -1.86. The molecule has 4 nitrogen and oxygen atoms in total. The summed E-state index contributed by atoms with van der Waals surface area (Å²) in [4.78, 5) is 7.54. The third-order valence-corrected chi connectivity index (χ3v) is 2.67. The number of H-pyrrole nitrogens is 1. The summed E-state index contributed by atoms with van der Waals surface area (Å²) in [6.07, 6.45) is 0.467. The molecule has 16 heavy (non-hydrogen) atoms. The van der Waals surface area contributed by atoms with Crippen LogP contribution in [0.1, 0.15) is 23.9 Å². The molecule has 0 aliphatic heterocycles. The highest BCUT2D eigenvalue weighted by Gasteiger charge is 2.09. The van der Waals surface area contributed by atoms with Crippen molar-refractivity contribution in [3.05, 3.63) is 29.6 Å². The maximum Gasteiger partial charge on any atom is 0.104 e. The standard InChI is InChI=1S/C12H14N4/c1-8-15-11-4-3-9(7-12(11)16-8)10(14-2)5-6-13/h3-4,7,10,14H,5H2,1-2H3,(H,15,16). The molecule has 0 bridgehead atoms. The lowest BCUT2D eigenvalue weighted by atomic mass is 10.0. The van der Waals surface area contributed by atoms with E-state index in [1.807, 2.05) is 32.2 Å². The van der Waals surface area contributed by atoms with Gasteiger partial charge in [0, 0.05) is 6.04 Å². The minimum absolute atomic E-state index is 0.0815. The molecule has 0 amide bonds. The van der Waals surface area contributed by atoms with Crippen molar-refractivity contribution in [2.75, 3.05) is 7.05 Å². The average Bonchev–Trinajstić information content (AvgIpc) is 2.64. The number of hydrogen-bond donors (Lipinski definition) is 2. The Morgan fingerprint density at radius 1 is 1.56 bits per heavy atom. The van der Waals surface area contributed by atoms with Gasteiger partial charge in [-0.1, -0.05) is 6.07 Å². The molecule has 4 heteroatoms. The zero-order valence-corrected chi connectivity index (χ0v) is 9.41. The van der Waals surface area contributed by atoms with E-state index in [-0.39, 0.29) is 6.04 Å². The summed E-state index contributed by atoms with van der Waals surface area (Å²) in [6, 6.07) is 8.31. The highest BCUT2D eigenvalue weighted by molar-refractivity contribution is 5.76. The predicted molar refractivity (Wildman–Crippen MR) is 62.9 cm³/mol. The van der Waals surface area contributed by atoms with Gasteiger partial charge in [0.25, 0.3) is 0 Å². The van der Waals surface area contributed by atoms with E-state index in [0.717, 1.165) is 22.4 Å². The Bertz CT molecular complexity index is 535. The number of nitrogens with one attached hydrogen (secondary N) is 2. The maximum absolute atomic E-state index is 8.74. The van der Waals surface area contributed by atoms with E-state index in [9.17, 15) is 0 Å².